The van der Waals surface area contributed by atoms with Crippen LogP contribution >= 0.6 is 11.3 Å². The number of hydrogen-bond acceptors (Lipinski definition) is 6. The van der Waals surface area contributed by atoms with Crippen molar-refractivity contribution in [3.8, 4) is 0 Å². The summed E-state index contributed by atoms with van der Waals surface area (Å²) in [4.78, 5) is 19.4. The Bertz CT molecular complexity index is 896. The van der Waals surface area contributed by atoms with Crippen molar-refractivity contribution >= 4 is 33.6 Å². The molecule has 0 spiro atoms. The Morgan fingerprint density at radius 2 is 2.04 bits per heavy atom. The molecule has 3 aliphatic heterocycles. The summed E-state index contributed by atoms with van der Waals surface area (Å²) in [5.41, 5.74) is 1.36. The van der Waals surface area contributed by atoms with Crippen molar-refractivity contribution in [2.75, 3.05) is 24.7 Å². The summed E-state index contributed by atoms with van der Waals surface area (Å²) in [6.07, 6.45) is 3.70. The van der Waals surface area contributed by atoms with Crippen molar-refractivity contribution in [3.05, 3.63) is 46.8 Å². The van der Waals surface area contributed by atoms with Crippen LogP contribution in [0, 0.1) is 0 Å². The van der Waals surface area contributed by atoms with Crippen LogP contribution < -0.4 is 4.90 Å². The van der Waals surface area contributed by atoms with Gasteiger partial charge in [-0.15, -0.1) is 11.3 Å². The molecule has 1 N–H and O–H groups in total. The third-order valence-corrected chi connectivity index (χ3v) is 6.73. The molecule has 6 heteroatoms. The molecule has 4 heterocycles. The summed E-state index contributed by atoms with van der Waals surface area (Å²) < 4.78 is 5.57. The van der Waals surface area contributed by atoms with Gasteiger partial charge in [0.1, 0.15) is 5.00 Å². The second-order valence-corrected chi connectivity index (χ2v) is 8.39. The molecule has 1 aromatic carbocycles. The third kappa shape index (κ3) is 2.74. The van der Waals surface area contributed by atoms with E-state index in [2.05, 4.69) is 29.3 Å². The number of Topliss-reactive ketones (excluding diaryl/α,β-unsaturated/α-hetero) is 1. The molecule has 2 aromatic rings. The van der Waals surface area contributed by atoms with Gasteiger partial charge in [0.25, 0.3) is 0 Å². The van der Waals surface area contributed by atoms with E-state index in [1.807, 2.05) is 10.3 Å². The molecule has 0 amide bonds. The highest BCUT2D eigenvalue weighted by molar-refractivity contribution is 7.14. The van der Waals surface area contributed by atoms with Gasteiger partial charge in [-0.1, -0.05) is 12.1 Å². The number of rotatable bonds is 2. The molecule has 1 aromatic heterocycles. The molecular weight excluding hydrogens is 360 g/mol. The number of ketones is 1. The monoisotopic (exact) mass is 382 g/mol. The maximum absolute atomic E-state index is 12.8. The molecule has 3 aliphatic rings. The quantitative estimate of drug-likeness (QED) is 0.856. The first kappa shape index (κ1) is 17.1. The largest absolute Gasteiger partial charge is 0.381 e. The Labute approximate surface area is 162 Å². The molecule has 5 rings (SSSR count). The number of amidine groups is 1. The van der Waals surface area contributed by atoms with Crippen LogP contribution in [-0.4, -0.2) is 42.1 Å². The van der Waals surface area contributed by atoms with Crippen molar-refractivity contribution in [2.24, 2.45) is 4.99 Å². The standard InChI is InChI=1S/C21H22N2O3S/c24-18-17-8-13-27-19(17)22-20-21(18,25)9-10-23(20)16-5-3-15(4-6-16)14-2-1-11-26-12-7-14/h3-6,8,13-14,25H,1-2,7,9-12H2. The van der Waals surface area contributed by atoms with Crippen LogP contribution in [0.4, 0.5) is 10.7 Å². The van der Waals surface area contributed by atoms with E-state index in [0.29, 0.717) is 35.3 Å². The number of nitrogens with zero attached hydrogens (tertiary/aromatic N) is 2. The van der Waals surface area contributed by atoms with Crippen LogP contribution in [-0.2, 0) is 4.74 Å². The molecule has 0 saturated carbocycles. The van der Waals surface area contributed by atoms with Crippen LogP contribution in [0.1, 0.15) is 47.5 Å². The first-order chi connectivity index (χ1) is 13.2. The lowest BCUT2D eigenvalue weighted by atomic mass is 9.90. The summed E-state index contributed by atoms with van der Waals surface area (Å²) in [5, 5.41) is 13.6. The van der Waals surface area contributed by atoms with Crippen molar-refractivity contribution < 1.29 is 14.6 Å². The molecule has 2 atom stereocenters. The van der Waals surface area contributed by atoms with Crippen molar-refractivity contribution in [1.82, 2.24) is 0 Å². The van der Waals surface area contributed by atoms with E-state index in [4.69, 9.17) is 4.74 Å². The molecule has 27 heavy (non-hydrogen) atoms. The first-order valence-corrected chi connectivity index (χ1v) is 10.4. The number of aliphatic imine (C=N–C) groups is 1. The molecule has 140 valence electrons. The number of aliphatic hydroxyl groups is 1. The van der Waals surface area contributed by atoms with Gasteiger partial charge in [-0.2, -0.15) is 0 Å². The fourth-order valence-electron chi connectivity index (χ4n) is 4.38. The average molecular weight is 382 g/mol. The van der Waals surface area contributed by atoms with Gasteiger partial charge in [0.15, 0.2) is 11.4 Å². The van der Waals surface area contributed by atoms with Crippen LogP contribution in [0.2, 0.25) is 0 Å². The summed E-state index contributed by atoms with van der Waals surface area (Å²) in [5.74, 6) is 0.790. The summed E-state index contributed by atoms with van der Waals surface area (Å²) in [7, 11) is 0. The van der Waals surface area contributed by atoms with Gasteiger partial charge < -0.3 is 14.7 Å². The van der Waals surface area contributed by atoms with E-state index < -0.39 is 5.60 Å². The number of ether oxygens (including phenoxy) is 1. The molecular formula is C21H22N2O3S. The highest BCUT2D eigenvalue weighted by Gasteiger charge is 2.52. The molecule has 0 bridgehead atoms. The zero-order valence-corrected chi connectivity index (χ0v) is 15.9. The highest BCUT2D eigenvalue weighted by atomic mass is 32.1. The lowest BCUT2D eigenvalue weighted by Crippen LogP contribution is -2.48. The zero-order chi connectivity index (χ0) is 18.4. The number of benzene rings is 1. The maximum Gasteiger partial charge on any atom is 0.205 e. The van der Waals surface area contributed by atoms with Gasteiger partial charge in [-0.05, 0) is 54.3 Å². The fraction of sp³-hybridized carbons (Fsp3) is 0.429. The topological polar surface area (TPSA) is 62.1 Å². The second-order valence-electron chi connectivity index (χ2n) is 7.50. The van der Waals surface area contributed by atoms with E-state index in [9.17, 15) is 9.90 Å². The molecule has 2 fully saturated rings. The number of carbonyl (C=O) groups excluding carboxylic acids is 1. The van der Waals surface area contributed by atoms with E-state index in [0.717, 1.165) is 38.2 Å². The Balaban J connectivity index is 1.45. The van der Waals surface area contributed by atoms with Crippen molar-refractivity contribution in [3.63, 3.8) is 0 Å². The van der Waals surface area contributed by atoms with Crippen LogP contribution in [0.5, 0.6) is 0 Å². The van der Waals surface area contributed by atoms with Crippen molar-refractivity contribution in [1.29, 1.82) is 0 Å². The van der Waals surface area contributed by atoms with E-state index in [-0.39, 0.29) is 5.78 Å². The van der Waals surface area contributed by atoms with Gasteiger partial charge in [-0.25, -0.2) is 4.99 Å². The smallest absolute Gasteiger partial charge is 0.205 e. The number of fused-ring (bicyclic) bond motifs is 2. The summed E-state index contributed by atoms with van der Waals surface area (Å²) in [6, 6.07) is 10.3. The number of hydrogen-bond donors (Lipinski definition) is 1. The van der Waals surface area contributed by atoms with E-state index in [1.54, 1.807) is 6.07 Å². The predicted octanol–water partition coefficient (Wildman–Crippen LogP) is 3.90. The van der Waals surface area contributed by atoms with Crippen LogP contribution in [0.25, 0.3) is 0 Å². The van der Waals surface area contributed by atoms with Gasteiger partial charge in [-0.3, -0.25) is 4.79 Å². The second kappa shape index (κ2) is 6.55. The Kier molecular flexibility index (Phi) is 4.15. The average Bonchev–Trinajstić information content (AvgIpc) is 3.18. The van der Waals surface area contributed by atoms with E-state index >= 15 is 0 Å². The van der Waals surface area contributed by atoms with Gasteiger partial charge in [0.2, 0.25) is 5.78 Å². The molecule has 5 nitrogen and oxygen atoms in total. The molecule has 2 saturated heterocycles. The lowest BCUT2D eigenvalue weighted by molar-refractivity contribution is 0.0603. The zero-order valence-electron chi connectivity index (χ0n) is 15.1. The van der Waals surface area contributed by atoms with Crippen LogP contribution in [0.3, 0.4) is 0 Å². The van der Waals surface area contributed by atoms with Crippen molar-refractivity contribution in [2.45, 2.75) is 37.2 Å². The highest BCUT2D eigenvalue weighted by Crippen LogP contribution is 2.42. The molecule has 0 radical (unpaired) electrons. The predicted molar refractivity (Wildman–Crippen MR) is 107 cm³/mol. The SMILES string of the molecule is O=C1c2ccsc2N=C2N(c3ccc(C4CCCOCC4)cc3)CCC12O. The Morgan fingerprint density at radius 3 is 2.89 bits per heavy atom. The third-order valence-electron chi connectivity index (χ3n) is 5.92. The minimum absolute atomic E-state index is 0.221. The molecule has 0 aliphatic carbocycles. The number of thiophene rings is 1. The van der Waals surface area contributed by atoms with Gasteiger partial charge in [0.05, 0.1) is 5.56 Å². The van der Waals surface area contributed by atoms with Gasteiger partial charge in [0, 0.05) is 31.9 Å². The summed E-state index contributed by atoms with van der Waals surface area (Å²) >= 11 is 1.44. The normalized spacial score (nSPS) is 27.7. The number of anilines is 1. The van der Waals surface area contributed by atoms with E-state index in [1.165, 1.54) is 16.9 Å². The Morgan fingerprint density at radius 1 is 1.19 bits per heavy atom. The van der Waals surface area contributed by atoms with Gasteiger partial charge >= 0.3 is 0 Å². The number of carbonyl (C=O) groups is 1. The fourth-order valence-corrected chi connectivity index (χ4v) is 5.14. The summed E-state index contributed by atoms with van der Waals surface area (Å²) in [6.45, 7) is 2.28. The first-order valence-electron chi connectivity index (χ1n) is 9.56. The lowest BCUT2D eigenvalue weighted by Gasteiger charge is -2.28. The minimum Gasteiger partial charge on any atom is -0.381 e. The molecule has 2 unspecified atom stereocenters. The van der Waals surface area contributed by atoms with Crippen LogP contribution in [0.15, 0.2) is 40.7 Å². The minimum atomic E-state index is -1.49. The maximum atomic E-state index is 12.8. The Hall–Kier alpha value is -2.02.